The molecule has 0 radical (unpaired) electrons. The first-order valence-corrected chi connectivity index (χ1v) is 7.62. The Morgan fingerprint density at radius 3 is 2.40 bits per heavy atom. The largest absolute Gasteiger partial charge is 0.494 e. The van der Waals surface area contributed by atoms with E-state index in [2.05, 4.69) is 12.2 Å². The van der Waals surface area contributed by atoms with Crippen LogP contribution in [0.25, 0.3) is 0 Å². The van der Waals surface area contributed by atoms with E-state index in [0.29, 0.717) is 27.3 Å². The van der Waals surface area contributed by atoms with E-state index in [9.17, 15) is 4.79 Å². The van der Waals surface area contributed by atoms with E-state index < -0.39 is 0 Å². The first-order valence-electron chi connectivity index (χ1n) is 6.87. The van der Waals surface area contributed by atoms with Gasteiger partial charge in [-0.3, -0.25) is 4.79 Å². The van der Waals surface area contributed by atoms with E-state index in [4.69, 9.17) is 27.9 Å². The fourth-order valence-corrected chi connectivity index (χ4v) is 3.31. The molecule has 0 saturated heterocycles. The smallest absolute Gasteiger partial charge is 0.251 e. The molecule has 1 N–H and O–H groups in total. The zero-order chi connectivity index (χ0) is 14.7. The van der Waals surface area contributed by atoms with Crippen molar-refractivity contribution in [3.63, 3.8) is 0 Å². The molecule has 110 valence electrons. The van der Waals surface area contributed by atoms with Crippen LogP contribution in [0.5, 0.6) is 5.75 Å². The lowest BCUT2D eigenvalue weighted by Crippen LogP contribution is -2.41. The molecule has 0 aromatic heterocycles. The minimum Gasteiger partial charge on any atom is -0.494 e. The molecule has 2 rings (SSSR count). The SMILES string of the molecule is COc1c(Cl)cc(C(=O)NC2CCCCC2C)cc1Cl. The molecular weight excluding hydrogens is 297 g/mol. The minimum absolute atomic E-state index is 0.129. The molecule has 0 bridgehead atoms. The number of rotatable bonds is 3. The third-order valence-corrected chi connectivity index (χ3v) is 4.45. The van der Waals surface area contributed by atoms with Crippen molar-refractivity contribution in [2.45, 2.75) is 38.6 Å². The molecule has 5 heteroatoms. The van der Waals surface area contributed by atoms with Gasteiger partial charge < -0.3 is 10.1 Å². The molecule has 1 aromatic carbocycles. The zero-order valence-electron chi connectivity index (χ0n) is 11.7. The number of carbonyl (C=O) groups is 1. The van der Waals surface area contributed by atoms with Crippen LogP contribution in [0.4, 0.5) is 0 Å². The molecule has 1 aliphatic carbocycles. The molecule has 0 heterocycles. The number of nitrogens with one attached hydrogen (secondary N) is 1. The summed E-state index contributed by atoms with van der Waals surface area (Å²) in [6, 6.07) is 3.42. The highest BCUT2D eigenvalue weighted by atomic mass is 35.5. The van der Waals surface area contributed by atoms with Crippen molar-refractivity contribution in [3.8, 4) is 5.75 Å². The average Bonchev–Trinajstić information content (AvgIpc) is 2.41. The lowest BCUT2D eigenvalue weighted by molar-refractivity contribution is 0.0910. The molecule has 1 aromatic rings. The van der Waals surface area contributed by atoms with Crippen molar-refractivity contribution in [1.29, 1.82) is 0 Å². The van der Waals surface area contributed by atoms with Gasteiger partial charge in [0.05, 0.1) is 17.2 Å². The summed E-state index contributed by atoms with van der Waals surface area (Å²) in [6.45, 7) is 2.18. The Morgan fingerprint density at radius 2 is 1.85 bits per heavy atom. The van der Waals surface area contributed by atoms with E-state index in [-0.39, 0.29) is 11.9 Å². The quantitative estimate of drug-likeness (QED) is 0.902. The molecule has 1 amide bonds. The Bertz CT molecular complexity index is 482. The van der Waals surface area contributed by atoms with Crippen LogP contribution in [0, 0.1) is 5.92 Å². The van der Waals surface area contributed by atoms with Gasteiger partial charge in [0, 0.05) is 11.6 Å². The van der Waals surface area contributed by atoms with Gasteiger partial charge in [-0.1, -0.05) is 43.0 Å². The summed E-state index contributed by atoms with van der Waals surface area (Å²) >= 11 is 12.1. The highest BCUT2D eigenvalue weighted by molar-refractivity contribution is 6.37. The van der Waals surface area contributed by atoms with E-state index >= 15 is 0 Å². The van der Waals surface area contributed by atoms with Crippen LogP contribution in [-0.4, -0.2) is 19.1 Å². The molecule has 1 saturated carbocycles. The summed E-state index contributed by atoms with van der Waals surface area (Å²) < 4.78 is 5.08. The van der Waals surface area contributed by atoms with Crippen molar-refractivity contribution in [2.24, 2.45) is 5.92 Å². The molecule has 2 atom stereocenters. The van der Waals surface area contributed by atoms with Crippen LogP contribution in [-0.2, 0) is 0 Å². The summed E-state index contributed by atoms with van der Waals surface area (Å²) in [5, 5.41) is 3.78. The monoisotopic (exact) mass is 315 g/mol. The first kappa shape index (κ1) is 15.5. The maximum Gasteiger partial charge on any atom is 0.251 e. The van der Waals surface area contributed by atoms with Crippen molar-refractivity contribution >= 4 is 29.1 Å². The Balaban J connectivity index is 2.13. The highest BCUT2D eigenvalue weighted by Crippen LogP contribution is 2.34. The number of methoxy groups -OCH3 is 1. The summed E-state index contributed by atoms with van der Waals surface area (Å²) in [6.07, 6.45) is 4.60. The van der Waals surface area contributed by atoms with Gasteiger partial charge in [-0.05, 0) is 30.9 Å². The Kier molecular flexibility index (Phi) is 5.17. The van der Waals surface area contributed by atoms with Crippen molar-refractivity contribution < 1.29 is 9.53 Å². The van der Waals surface area contributed by atoms with E-state index in [1.165, 1.54) is 20.0 Å². The fraction of sp³-hybridized carbons (Fsp3) is 0.533. The Morgan fingerprint density at radius 1 is 1.25 bits per heavy atom. The number of hydrogen-bond donors (Lipinski definition) is 1. The fourth-order valence-electron chi connectivity index (χ4n) is 2.67. The third kappa shape index (κ3) is 3.39. The van der Waals surface area contributed by atoms with Gasteiger partial charge in [-0.15, -0.1) is 0 Å². The van der Waals surface area contributed by atoms with Crippen LogP contribution in [0.15, 0.2) is 12.1 Å². The van der Waals surface area contributed by atoms with Gasteiger partial charge in [0.2, 0.25) is 0 Å². The molecule has 20 heavy (non-hydrogen) atoms. The predicted octanol–water partition coefficient (Wildman–Crippen LogP) is 4.31. The van der Waals surface area contributed by atoms with Gasteiger partial charge >= 0.3 is 0 Å². The topological polar surface area (TPSA) is 38.3 Å². The van der Waals surface area contributed by atoms with Crippen LogP contribution < -0.4 is 10.1 Å². The summed E-state index contributed by atoms with van der Waals surface area (Å²) in [5.74, 6) is 0.781. The number of benzene rings is 1. The summed E-state index contributed by atoms with van der Waals surface area (Å²) in [4.78, 5) is 12.3. The normalized spacial score (nSPS) is 22.4. The second kappa shape index (κ2) is 6.68. The van der Waals surface area contributed by atoms with E-state index in [1.54, 1.807) is 12.1 Å². The predicted molar refractivity (Wildman–Crippen MR) is 81.9 cm³/mol. The molecule has 0 aliphatic heterocycles. The third-order valence-electron chi connectivity index (χ3n) is 3.89. The van der Waals surface area contributed by atoms with Gasteiger partial charge in [0.1, 0.15) is 0 Å². The van der Waals surface area contributed by atoms with Crippen molar-refractivity contribution in [2.75, 3.05) is 7.11 Å². The number of amides is 1. The minimum atomic E-state index is -0.129. The lowest BCUT2D eigenvalue weighted by Gasteiger charge is -2.29. The molecule has 1 aliphatic rings. The number of hydrogen-bond acceptors (Lipinski definition) is 2. The molecule has 3 nitrogen and oxygen atoms in total. The van der Waals surface area contributed by atoms with Crippen LogP contribution in [0.3, 0.4) is 0 Å². The number of ether oxygens (including phenoxy) is 1. The van der Waals surface area contributed by atoms with Crippen molar-refractivity contribution in [3.05, 3.63) is 27.7 Å². The lowest BCUT2D eigenvalue weighted by atomic mass is 9.86. The van der Waals surface area contributed by atoms with Gasteiger partial charge in [-0.2, -0.15) is 0 Å². The standard InChI is InChI=1S/C15H19Cl2NO2/c1-9-5-3-4-6-13(9)18-15(19)10-7-11(16)14(20-2)12(17)8-10/h7-9,13H,3-6H2,1-2H3,(H,18,19). The van der Waals surface area contributed by atoms with Crippen LogP contribution in [0.1, 0.15) is 43.0 Å². The second-order valence-electron chi connectivity index (χ2n) is 5.31. The van der Waals surface area contributed by atoms with Gasteiger partial charge in [0.15, 0.2) is 5.75 Å². The molecule has 1 fully saturated rings. The van der Waals surface area contributed by atoms with Crippen LogP contribution >= 0.6 is 23.2 Å². The van der Waals surface area contributed by atoms with E-state index in [0.717, 1.165) is 12.8 Å². The Labute approximate surface area is 129 Å². The van der Waals surface area contributed by atoms with Crippen molar-refractivity contribution in [1.82, 2.24) is 5.32 Å². The maximum atomic E-state index is 12.3. The Hall–Kier alpha value is -0.930. The molecule has 2 unspecified atom stereocenters. The van der Waals surface area contributed by atoms with Gasteiger partial charge in [0.25, 0.3) is 5.91 Å². The zero-order valence-corrected chi connectivity index (χ0v) is 13.2. The average molecular weight is 316 g/mol. The molecular formula is C15H19Cl2NO2. The van der Waals surface area contributed by atoms with E-state index in [1.807, 2.05) is 0 Å². The summed E-state index contributed by atoms with van der Waals surface area (Å²) in [5.41, 5.74) is 0.471. The molecule has 0 spiro atoms. The maximum absolute atomic E-state index is 12.3. The second-order valence-corrected chi connectivity index (χ2v) is 6.13. The van der Waals surface area contributed by atoms with Crippen LogP contribution in [0.2, 0.25) is 10.0 Å². The number of halogens is 2. The number of carbonyl (C=O) groups excluding carboxylic acids is 1. The highest BCUT2D eigenvalue weighted by Gasteiger charge is 2.24. The first-order chi connectivity index (χ1) is 9.52. The van der Waals surface area contributed by atoms with Gasteiger partial charge in [-0.25, -0.2) is 0 Å². The summed E-state index contributed by atoms with van der Waals surface area (Å²) in [7, 11) is 1.50.